The summed E-state index contributed by atoms with van der Waals surface area (Å²) in [7, 11) is 0. The van der Waals surface area contributed by atoms with Crippen molar-refractivity contribution in [1.29, 1.82) is 0 Å². The molecule has 2 fully saturated rings. The molecule has 2 aromatic rings. The Labute approximate surface area is 182 Å². The van der Waals surface area contributed by atoms with Crippen molar-refractivity contribution < 1.29 is 23.4 Å². The number of piperidine rings is 1. The summed E-state index contributed by atoms with van der Waals surface area (Å²) in [6.07, 6.45) is 4.69. The van der Waals surface area contributed by atoms with Crippen LogP contribution in [-0.4, -0.2) is 60.4 Å². The summed E-state index contributed by atoms with van der Waals surface area (Å²) >= 11 is 0. The van der Waals surface area contributed by atoms with Crippen LogP contribution in [0.1, 0.15) is 41.7 Å². The van der Waals surface area contributed by atoms with E-state index in [2.05, 4.69) is 4.98 Å². The van der Waals surface area contributed by atoms with Crippen LogP contribution in [0.25, 0.3) is 0 Å². The van der Waals surface area contributed by atoms with Crippen LogP contribution in [0.5, 0.6) is 0 Å². The second kappa shape index (κ2) is 10.3. The van der Waals surface area contributed by atoms with Gasteiger partial charge in [-0.05, 0) is 37.0 Å². The number of amides is 1. The zero-order valence-corrected chi connectivity index (χ0v) is 17.7. The number of rotatable bonds is 7. The predicted molar refractivity (Wildman–Crippen MR) is 113 cm³/mol. The number of ether oxygens (including phenoxy) is 3. The molecular weight excluding hydrogens is 399 g/mol. The molecule has 4 rings (SSSR count). The maximum Gasteiger partial charge on any atom is 0.275 e. The fourth-order valence-corrected chi connectivity index (χ4v) is 4.32. The summed E-state index contributed by atoms with van der Waals surface area (Å²) in [6.45, 7) is 3.40. The van der Waals surface area contributed by atoms with Crippen LogP contribution in [0.15, 0.2) is 48.7 Å². The van der Waals surface area contributed by atoms with Crippen molar-refractivity contribution in [2.24, 2.45) is 0 Å². The molecule has 1 spiro atoms. The smallest absolute Gasteiger partial charge is 0.275 e. The van der Waals surface area contributed by atoms with E-state index < -0.39 is 5.82 Å². The van der Waals surface area contributed by atoms with E-state index in [0.717, 1.165) is 31.2 Å². The third kappa shape index (κ3) is 5.67. The normalized spacial score (nSPS) is 20.7. The molecule has 2 aliphatic rings. The van der Waals surface area contributed by atoms with Gasteiger partial charge in [0.05, 0.1) is 31.5 Å². The number of aromatic nitrogens is 1. The van der Waals surface area contributed by atoms with Gasteiger partial charge in [0.25, 0.3) is 5.91 Å². The molecule has 0 bridgehead atoms. The van der Waals surface area contributed by atoms with Gasteiger partial charge < -0.3 is 19.1 Å². The number of carbonyl (C=O) groups excluding carboxylic acids is 1. The van der Waals surface area contributed by atoms with E-state index in [4.69, 9.17) is 14.2 Å². The van der Waals surface area contributed by atoms with Crippen LogP contribution in [0.4, 0.5) is 4.39 Å². The minimum atomic E-state index is -0.579. The van der Waals surface area contributed by atoms with Crippen LogP contribution in [0, 0.1) is 5.82 Å². The van der Waals surface area contributed by atoms with E-state index in [-0.39, 0.29) is 23.3 Å². The van der Waals surface area contributed by atoms with Crippen LogP contribution < -0.4 is 0 Å². The minimum Gasteiger partial charge on any atom is -0.376 e. The Morgan fingerprint density at radius 1 is 1.16 bits per heavy atom. The summed E-state index contributed by atoms with van der Waals surface area (Å²) in [6, 6.07) is 12.8. The lowest BCUT2D eigenvalue weighted by atomic mass is 9.83. The predicted octanol–water partition coefficient (Wildman–Crippen LogP) is 3.61. The van der Waals surface area contributed by atoms with E-state index in [1.165, 1.54) is 18.3 Å². The molecule has 1 atom stereocenters. The summed E-state index contributed by atoms with van der Waals surface area (Å²) in [5.74, 6) is -0.934. The molecule has 166 valence electrons. The van der Waals surface area contributed by atoms with Gasteiger partial charge in [-0.1, -0.05) is 30.3 Å². The highest BCUT2D eigenvalue weighted by atomic mass is 19.1. The van der Waals surface area contributed by atoms with Crippen molar-refractivity contribution in [3.8, 4) is 0 Å². The van der Waals surface area contributed by atoms with Crippen LogP contribution in [0.2, 0.25) is 0 Å². The first-order valence-electron chi connectivity index (χ1n) is 10.9. The molecule has 1 amide bonds. The van der Waals surface area contributed by atoms with E-state index in [1.807, 2.05) is 30.3 Å². The average molecular weight is 429 g/mol. The molecule has 6 nitrogen and oxygen atoms in total. The van der Waals surface area contributed by atoms with Gasteiger partial charge in [-0.2, -0.15) is 0 Å². The third-order valence-corrected chi connectivity index (χ3v) is 6.06. The van der Waals surface area contributed by atoms with Crippen molar-refractivity contribution in [3.63, 3.8) is 0 Å². The molecule has 7 heteroatoms. The lowest BCUT2D eigenvalue weighted by molar-refractivity contribution is -0.155. The number of pyridine rings is 1. The van der Waals surface area contributed by atoms with E-state index in [1.54, 1.807) is 4.90 Å². The zero-order chi connectivity index (χ0) is 21.5. The molecule has 0 saturated carbocycles. The molecule has 31 heavy (non-hydrogen) atoms. The minimum absolute atomic E-state index is 0.111. The van der Waals surface area contributed by atoms with Gasteiger partial charge in [0.1, 0.15) is 0 Å². The molecular formula is C24H29FN2O4. The molecule has 2 aliphatic heterocycles. The van der Waals surface area contributed by atoms with Gasteiger partial charge in [0, 0.05) is 32.3 Å². The number of hydrogen-bond acceptors (Lipinski definition) is 5. The number of nitrogens with zero attached hydrogens (tertiary/aromatic N) is 2. The van der Waals surface area contributed by atoms with Crippen molar-refractivity contribution in [1.82, 2.24) is 9.88 Å². The van der Waals surface area contributed by atoms with E-state index in [9.17, 15) is 9.18 Å². The lowest BCUT2D eigenvalue weighted by Gasteiger charge is -2.46. The summed E-state index contributed by atoms with van der Waals surface area (Å²) in [5.41, 5.74) is 0.770. The van der Waals surface area contributed by atoms with Gasteiger partial charge >= 0.3 is 0 Å². The first-order chi connectivity index (χ1) is 15.2. The van der Waals surface area contributed by atoms with Gasteiger partial charge in [-0.25, -0.2) is 9.37 Å². The second-order valence-electron chi connectivity index (χ2n) is 8.18. The molecule has 1 unspecified atom stereocenters. The number of benzene rings is 1. The van der Waals surface area contributed by atoms with E-state index in [0.29, 0.717) is 39.5 Å². The summed E-state index contributed by atoms with van der Waals surface area (Å²) in [5, 5.41) is 0. The Bertz CT molecular complexity index is 856. The topological polar surface area (TPSA) is 60.9 Å². The molecule has 0 N–H and O–H groups in total. The Hall–Kier alpha value is -2.35. The molecule has 0 aliphatic carbocycles. The highest BCUT2D eigenvalue weighted by Crippen LogP contribution is 2.36. The number of hydrogen-bond donors (Lipinski definition) is 0. The van der Waals surface area contributed by atoms with Crippen molar-refractivity contribution in [2.45, 2.75) is 44.0 Å². The maximum atomic E-state index is 13.9. The second-order valence-corrected chi connectivity index (χ2v) is 8.18. The number of halogens is 1. The Morgan fingerprint density at radius 2 is 1.97 bits per heavy atom. The molecule has 1 aromatic heterocycles. The Kier molecular flexibility index (Phi) is 7.27. The van der Waals surface area contributed by atoms with Gasteiger partial charge in [-0.3, -0.25) is 4.79 Å². The lowest BCUT2D eigenvalue weighted by Crippen LogP contribution is -2.52. The fraction of sp³-hybridized carbons (Fsp3) is 0.500. The molecule has 0 radical (unpaired) electrons. The van der Waals surface area contributed by atoms with Gasteiger partial charge in [-0.15, -0.1) is 0 Å². The summed E-state index contributed by atoms with van der Waals surface area (Å²) in [4.78, 5) is 18.2. The van der Waals surface area contributed by atoms with Crippen molar-refractivity contribution >= 4 is 5.91 Å². The first-order valence-corrected chi connectivity index (χ1v) is 10.9. The third-order valence-electron chi connectivity index (χ3n) is 6.06. The average Bonchev–Trinajstić information content (AvgIpc) is 2.80. The van der Waals surface area contributed by atoms with Gasteiger partial charge in [0.2, 0.25) is 0 Å². The largest absolute Gasteiger partial charge is 0.376 e. The van der Waals surface area contributed by atoms with E-state index >= 15 is 0 Å². The highest BCUT2D eigenvalue weighted by molar-refractivity contribution is 5.92. The number of carbonyl (C=O) groups is 1. The van der Waals surface area contributed by atoms with Crippen molar-refractivity contribution in [3.05, 3.63) is 65.7 Å². The standard InChI is InChI=1S/C24H29FN2O4/c25-21-7-4-11-26-22(21)23(28)27-12-9-24(10-13-27)17-20(8-14-31-24)30-16-15-29-18-19-5-2-1-3-6-19/h1-7,11,20H,8-10,12-18H2. The molecule has 3 heterocycles. The SMILES string of the molecule is O=C(c1ncccc1F)N1CCC2(CC1)CC(OCCOCc1ccccc1)CCO2. The van der Waals surface area contributed by atoms with Crippen molar-refractivity contribution in [2.75, 3.05) is 32.9 Å². The Balaban J connectivity index is 1.20. The maximum absolute atomic E-state index is 13.9. The van der Waals surface area contributed by atoms with Gasteiger partial charge in [0.15, 0.2) is 11.5 Å². The van der Waals surface area contributed by atoms with Crippen LogP contribution in [-0.2, 0) is 20.8 Å². The monoisotopic (exact) mass is 428 g/mol. The molecule has 2 saturated heterocycles. The quantitative estimate of drug-likeness (QED) is 0.631. The fourth-order valence-electron chi connectivity index (χ4n) is 4.32. The number of likely N-dealkylation sites (tertiary alicyclic amines) is 1. The first kappa shape index (κ1) is 21.9. The van der Waals surface area contributed by atoms with Crippen LogP contribution in [0.3, 0.4) is 0 Å². The zero-order valence-electron chi connectivity index (χ0n) is 17.7. The van der Waals surface area contributed by atoms with Crippen LogP contribution >= 0.6 is 0 Å². The Morgan fingerprint density at radius 3 is 2.74 bits per heavy atom. The summed E-state index contributed by atoms with van der Waals surface area (Å²) < 4.78 is 31.8. The molecule has 1 aromatic carbocycles. The highest BCUT2D eigenvalue weighted by Gasteiger charge is 2.42.